The van der Waals surface area contributed by atoms with Crippen LogP contribution in [-0.2, 0) is 4.79 Å². The lowest BCUT2D eigenvalue weighted by Crippen LogP contribution is -2.42. The highest BCUT2D eigenvalue weighted by atomic mass is 16.3. The zero-order valence-electron chi connectivity index (χ0n) is 11.9. The molecule has 0 radical (unpaired) electrons. The Morgan fingerprint density at radius 2 is 1.89 bits per heavy atom. The van der Waals surface area contributed by atoms with Crippen LogP contribution in [0.5, 0.6) is 0 Å². The number of carbonyl (C=O) groups is 1. The van der Waals surface area contributed by atoms with Gasteiger partial charge in [-0.05, 0) is 44.7 Å². The van der Waals surface area contributed by atoms with Crippen LogP contribution in [0.1, 0.15) is 51.4 Å². The van der Waals surface area contributed by atoms with Crippen molar-refractivity contribution in [3.05, 3.63) is 0 Å². The first-order valence-electron chi connectivity index (χ1n) is 7.82. The molecular formula is C15H28N2O2. The fourth-order valence-corrected chi connectivity index (χ4v) is 3.40. The predicted octanol–water partition coefficient (Wildman–Crippen LogP) is 1.44. The number of piperidine rings is 1. The first kappa shape index (κ1) is 14.8. The van der Waals surface area contributed by atoms with Gasteiger partial charge in [0.15, 0.2) is 0 Å². The third-order valence-corrected chi connectivity index (χ3v) is 4.84. The maximum Gasteiger partial charge on any atom is 0.220 e. The summed E-state index contributed by atoms with van der Waals surface area (Å²) < 4.78 is 0. The number of carbonyl (C=O) groups excluding carboxylic acids is 1. The fourth-order valence-electron chi connectivity index (χ4n) is 3.40. The number of hydrogen-bond donors (Lipinski definition) is 3. The molecule has 4 nitrogen and oxygen atoms in total. The van der Waals surface area contributed by atoms with E-state index in [-0.39, 0.29) is 17.9 Å². The summed E-state index contributed by atoms with van der Waals surface area (Å²) in [6.45, 7) is 2.95. The molecule has 0 unspecified atom stereocenters. The van der Waals surface area contributed by atoms with Crippen molar-refractivity contribution in [2.45, 2.75) is 51.4 Å². The van der Waals surface area contributed by atoms with Gasteiger partial charge in [0.1, 0.15) is 0 Å². The Morgan fingerprint density at radius 3 is 2.53 bits per heavy atom. The van der Waals surface area contributed by atoms with E-state index in [9.17, 15) is 9.90 Å². The standard InChI is InChI=1S/C15H28N2O2/c18-12-15(6-2-1-3-7-15)11-17-14(19)10-13-4-8-16-9-5-13/h13,16,18H,1-12H2,(H,17,19). The SMILES string of the molecule is O=C(CC1CCNCC1)NCC1(CO)CCCCC1. The molecule has 1 saturated carbocycles. The van der Waals surface area contributed by atoms with E-state index in [0.717, 1.165) is 38.8 Å². The Balaban J connectivity index is 1.72. The van der Waals surface area contributed by atoms with Gasteiger partial charge in [0.2, 0.25) is 5.91 Å². The maximum atomic E-state index is 12.0. The molecule has 0 bridgehead atoms. The molecule has 0 aromatic heterocycles. The highest BCUT2D eigenvalue weighted by Crippen LogP contribution is 2.35. The molecule has 0 spiro atoms. The summed E-state index contributed by atoms with van der Waals surface area (Å²) in [5, 5.41) is 16.0. The molecule has 4 heteroatoms. The molecule has 0 aromatic rings. The van der Waals surface area contributed by atoms with Gasteiger partial charge < -0.3 is 15.7 Å². The largest absolute Gasteiger partial charge is 0.396 e. The minimum atomic E-state index is -0.0397. The summed E-state index contributed by atoms with van der Waals surface area (Å²) >= 11 is 0. The molecule has 3 N–H and O–H groups in total. The van der Waals surface area contributed by atoms with Gasteiger partial charge in [-0.15, -0.1) is 0 Å². The van der Waals surface area contributed by atoms with E-state index >= 15 is 0 Å². The molecular weight excluding hydrogens is 240 g/mol. The van der Waals surface area contributed by atoms with Crippen LogP contribution >= 0.6 is 0 Å². The Kier molecular flexibility index (Phi) is 5.64. The average molecular weight is 268 g/mol. The van der Waals surface area contributed by atoms with Crippen LogP contribution in [0.2, 0.25) is 0 Å². The highest BCUT2D eigenvalue weighted by Gasteiger charge is 2.31. The average Bonchev–Trinajstić information content (AvgIpc) is 2.47. The Bertz CT molecular complexity index is 282. The number of rotatable bonds is 5. The van der Waals surface area contributed by atoms with Crippen LogP contribution in [-0.4, -0.2) is 37.3 Å². The molecule has 2 fully saturated rings. The normalized spacial score (nSPS) is 24.1. The van der Waals surface area contributed by atoms with Crippen molar-refractivity contribution in [2.75, 3.05) is 26.2 Å². The summed E-state index contributed by atoms with van der Waals surface area (Å²) in [4.78, 5) is 12.0. The number of hydrogen-bond acceptors (Lipinski definition) is 3. The van der Waals surface area contributed by atoms with Crippen molar-refractivity contribution < 1.29 is 9.90 Å². The topological polar surface area (TPSA) is 61.4 Å². The van der Waals surface area contributed by atoms with Crippen molar-refractivity contribution in [3.8, 4) is 0 Å². The molecule has 110 valence electrons. The van der Waals surface area contributed by atoms with Gasteiger partial charge in [-0.1, -0.05) is 19.3 Å². The van der Waals surface area contributed by atoms with Crippen LogP contribution < -0.4 is 10.6 Å². The lowest BCUT2D eigenvalue weighted by Gasteiger charge is -2.35. The van der Waals surface area contributed by atoms with Crippen LogP contribution in [0.15, 0.2) is 0 Å². The van der Waals surface area contributed by atoms with Crippen LogP contribution in [0.25, 0.3) is 0 Å². The summed E-state index contributed by atoms with van der Waals surface area (Å²) in [5.41, 5.74) is -0.0397. The Labute approximate surface area is 116 Å². The van der Waals surface area contributed by atoms with Gasteiger partial charge in [0.05, 0.1) is 6.61 Å². The van der Waals surface area contributed by atoms with Crippen molar-refractivity contribution in [3.63, 3.8) is 0 Å². The zero-order valence-corrected chi connectivity index (χ0v) is 11.9. The molecule has 0 aromatic carbocycles. The van der Waals surface area contributed by atoms with E-state index < -0.39 is 0 Å². The minimum absolute atomic E-state index is 0.0397. The first-order valence-corrected chi connectivity index (χ1v) is 7.82. The van der Waals surface area contributed by atoms with Crippen molar-refractivity contribution >= 4 is 5.91 Å². The van der Waals surface area contributed by atoms with E-state index in [1.165, 1.54) is 19.3 Å². The van der Waals surface area contributed by atoms with E-state index in [1.54, 1.807) is 0 Å². The summed E-state index contributed by atoms with van der Waals surface area (Å²) in [6, 6.07) is 0. The lowest BCUT2D eigenvalue weighted by atomic mass is 9.74. The lowest BCUT2D eigenvalue weighted by molar-refractivity contribution is -0.123. The quantitative estimate of drug-likeness (QED) is 0.707. The number of amides is 1. The number of aliphatic hydroxyl groups excluding tert-OH is 1. The summed E-state index contributed by atoms with van der Waals surface area (Å²) in [7, 11) is 0. The van der Waals surface area contributed by atoms with Crippen LogP contribution in [0.4, 0.5) is 0 Å². The second-order valence-corrected chi connectivity index (χ2v) is 6.39. The molecule has 1 amide bonds. The second kappa shape index (κ2) is 7.25. The third kappa shape index (κ3) is 4.46. The van der Waals surface area contributed by atoms with Gasteiger partial charge in [0, 0.05) is 18.4 Å². The van der Waals surface area contributed by atoms with Crippen molar-refractivity contribution in [1.82, 2.24) is 10.6 Å². The van der Waals surface area contributed by atoms with Crippen LogP contribution in [0.3, 0.4) is 0 Å². The Morgan fingerprint density at radius 1 is 1.21 bits per heavy atom. The molecule has 1 aliphatic carbocycles. The van der Waals surface area contributed by atoms with Crippen molar-refractivity contribution in [2.24, 2.45) is 11.3 Å². The molecule has 19 heavy (non-hydrogen) atoms. The van der Waals surface area contributed by atoms with E-state index in [4.69, 9.17) is 0 Å². The molecule has 2 aliphatic rings. The van der Waals surface area contributed by atoms with Gasteiger partial charge in [-0.25, -0.2) is 0 Å². The Hall–Kier alpha value is -0.610. The smallest absolute Gasteiger partial charge is 0.220 e. The molecule has 0 atom stereocenters. The third-order valence-electron chi connectivity index (χ3n) is 4.84. The van der Waals surface area contributed by atoms with Crippen LogP contribution in [0, 0.1) is 11.3 Å². The predicted molar refractivity (Wildman–Crippen MR) is 75.8 cm³/mol. The van der Waals surface area contributed by atoms with Gasteiger partial charge >= 0.3 is 0 Å². The van der Waals surface area contributed by atoms with Crippen molar-refractivity contribution in [1.29, 1.82) is 0 Å². The zero-order chi connectivity index (χ0) is 13.6. The molecule has 1 aliphatic heterocycles. The van der Waals surface area contributed by atoms with E-state index in [2.05, 4.69) is 10.6 Å². The van der Waals surface area contributed by atoms with E-state index in [1.807, 2.05) is 0 Å². The fraction of sp³-hybridized carbons (Fsp3) is 0.933. The molecule has 2 rings (SSSR count). The monoisotopic (exact) mass is 268 g/mol. The molecule has 1 heterocycles. The first-order chi connectivity index (χ1) is 9.24. The van der Waals surface area contributed by atoms with Gasteiger partial charge in [0.25, 0.3) is 0 Å². The second-order valence-electron chi connectivity index (χ2n) is 6.39. The van der Waals surface area contributed by atoms with E-state index in [0.29, 0.717) is 18.9 Å². The van der Waals surface area contributed by atoms with Gasteiger partial charge in [-0.3, -0.25) is 4.79 Å². The number of aliphatic hydroxyl groups is 1. The number of nitrogens with one attached hydrogen (secondary N) is 2. The van der Waals surface area contributed by atoms with Gasteiger partial charge in [-0.2, -0.15) is 0 Å². The summed E-state index contributed by atoms with van der Waals surface area (Å²) in [5.74, 6) is 0.711. The maximum absolute atomic E-state index is 12.0. The molecule has 1 saturated heterocycles. The summed E-state index contributed by atoms with van der Waals surface area (Å²) in [6.07, 6.45) is 8.62. The minimum Gasteiger partial charge on any atom is -0.396 e. The highest BCUT2D eigenvalue weighted by molar-refractivity contribution is 5.76.